The first-order valence-corrected chi connectivity index (χ1v) is 6.26. The smallest absolute Gasteiger partial charge is 0.179 e. The van der Waals surface area contributed by atoms with Crippen LogP contribution in [0.4, 0.5) is 0 Å². The summed E-state index contributed by atoms with van der Waals surface area (Å²) in [7, 11) is 0. The molecule has 0 aliphatic rings. The summed E-state index contributed by atoms with van der Waals surface area (Å²) in [5.41, 5.74) is 1.49. The second kappa shape index (κ2) is 5.88. The third kappa shape index (κ3) is 2.78. The molecule has 0 saturated carbocycles. The lowest BCUT2D eigenvalue weighted by Crippen LogP contribution is -2.02. The van der Waals surface area contributed by atoms with Crippen LogP contribution in [0, 0.1) is 17.4 Å². The molecule has 0 saturated heterocycles. The second-order valence-corrected chi connectivity index (χ2v) is 4.63. The van der Waals surface area contributed by atoms with E-state index in [9.17, 15) is 4.79 Å². The van der Waals surface area contributed by atoms with Gasteiger partial charge in [-0.2, -0.15) is 5.26 Å². The zero-order chi connectivity index (χ0) is 13.8. The molecule has 0 aliphatic carbocycles. The minimum Gasteiger partial charge on any atom is -0.293 e. The molecule has 0 N–H and O–H groups in total. The van der Waals surface area contributed by atoms with Crippen molar-refractivity contribution < 1.29 is 4.79 Å². The molecule has 19 heavy (non-hydrogen) atoms. The average molecular weight is 289 g/mol. The summed E-state index contributed by atoms with van der Waals surface area (Å²) in [5.74, 6) is -0.334. The first-order valence-electron chi connectivity index (χ1n) is 5.50. The summed E-state index contributed by atoms with van der Waals surface area (Å²) in [5, 5.41) is 9.46. The number of ketones is 1. The molecule has 0 heterocycles. The van der Waals surface area contributed by atoms with E-state index in [0.29, 0.717) is 26.7 Å². The van der Waals surface area contributed by atoms with E-state index >= 15 is 0 Å². The summed E-state index contributed by atoms with van der Waals surface area (Å²) in [4.78, 5) is 12.0. The predicted octanol–water partition coefficient (Wildman–Crippen LogP) is 4.56. The lowest BCUT2D eigenvalue weighted by Gasteiger charge is -2.10. The number of nitrogens with zero attached hydrogens (tertiary/aromatic N) is 1. The highest BCUT2D eigenvalue weighted by molar-refractivity contribution is 6.36. The first-order chi connectivity index (χ1) is 9.15. The van der Waals surface area contributed by atoms with Crippen LogP contribution in [0.2, 0.25) is 10.0 Å². The van der Waals surface area contributed by atoms with Gasteiger partial charge >= 0.3 is 0 Å². The number of benzene rings is 2. The molecule has 0 amide bonds. The largest absolute Gasteiger partial charge is 0.293 e. The molecule has 4 heteroatoms. The van der Waals surface area contributed by atoms with Crippen molar-refractivity contribution in [2.75, 3.05) is 0 Å². The van der Waals surface area contributed by atoms with E-state index in [1.165, 1.54) is 0 Å². The van der Waals surface area contributed by atoms with Gasteiger partial charge in [0.2, 0.25) is 0 Å². The maximum atomic E-state index is 12.0. The maximum absolute atomic E-state index is 12.0. The van der Waals surface area contributed by atoms with Gasteiger partial charge in [-0.05, 0) is 18.2 Å². The highest BCUT2D eigenvalue weighted by Gasteiger charge is 2.17. The molecule has 0 aliphatic heterocycles. The van der Waals surface area contributed by atoms with Gasteiger partial charge in [0.1, 0.15) is 0 Å². The van der Waals surface area contributed by atoms with Crippen LogP contribution in [0.1, 0.15) is 16.8 Å². The number of hydrogen-bond donors (Lipinski definition) is 0. The number of carbonyl (C=O) groups excluding carboxylic acids is 1. The Labute approximate surface area is 121 Å². The van der Waals surface area contributed by atoms with Gasteiger partial charge in [-0.15, -0.1) is 0 Å². The normalized spacial score (nSPS) is 9.95. The van der Waals surface area contributed by atoms with Crippen LogP contribution in [0.15, 0.2) is 36.4 Å². The molecule has 0 fully saturated rings. The van der Waals surface area contributed by atoms with E-state index in [4.69, 9.17) is 28.5 Å². The van der Waals surface area contributed by atoms with Gasteiger partial charge in [0.15, 0.2) is 5.78 Å². The van der Waals surface area contributed by atoms with Gasteiger partial charge in [-0.3, -0.25) is 4.79 Å². The van der Waals surface area contributed by atoms with Crippen LogP contribution >= 0.6 is 23.2 Å². The molecule has 0 spiro atoms. The topological polar surface area (TPSA) is 40.9 Å². The Bertz CT molecular complexity index is 674. The Kier molecular flexibility index (Phi) is 4.21. The van der Waals surface area contributed by atoms with Gasteiger partial charge in [-0.25, -0.2) is 0 Å². The van der Waals surface area contributed by atoms with Gasteiger partial charge in [0.25, 0.3) is 0 Å². The molecular formula is C15H8Cl2NO. The molecular weight excluding hydrogens is 281 g/mol. The van der Waals surface area contributed by atoms with Crippen LogP contribution < -0.4 is 0 Å². The molecule has 2 aromatic carbocycles. The van der Waals surface area contributed by atoms with Crippen molar-refractivity contribution in [1.82, 2.24) is 0 Å². The zero-order valence-electron chi connectivity index (χ0n) is 9.78. The molecule has 0 bridgehead atoms. The van der Waals surface area contributed by atoms with Crippen molar-refractivity contribution in [3.8, 4) is 17.2 Å². The molecule has 2 rings (SSSR count). The lowest BCUT2D eigenvalue weighted by atomic mass is 9.96. The molecule has 0 atom stereocenters. The minimum absolute atomic E-state index is 0.227. The number of rotatable bonds is 3. The van der Waals surface area contributed by atoms with Crippen molar-refractivity contribution in [3.05, 3.63) is 58.1 Å². The second-order valence-electron chi connectivity index (χ2n) is 3.81. The van der Waals surface area contributed by atoms with Crippen molar-refractivity contribution in [1.29, 1.82) is 5.26 Å². The van der Waals surface area contributed by atoms with Crippen LogP contribution in [0.25, 0.3) is 11.1 Å². The Morgan fingerprint density at radius 1 is 1.21 bits per heavy atom. The van der Waals surface area contributed by atoms with E-state index < -0.39 is 0 Å². The molecule has 1 radical (unpaired) electrons. The summed E-state index contributed by atoms with van der Waals surface area (Å²) in [6, 6.07) is 15.1. The summed E-state index contributed by atoms with van der Waals surface area (Å²) < 4.78 is 0. The van der Waals surface area contributed by atoms with E-state index in [0.717, 1.165) is 0 Å². The van der Waals surface area contributed by atoms with Crippen LogP contribution in [0.5, 0.6) is 0 Å². The Balaban J connectivity index is 2.65. The lowest BCUT2D eigenvalue weighted by molar-refractivity contribution is 0.0998. The Morgan fingerprint density at radius 3 is 2.63 bits per heavy atom. The fourth-order valence-corrected chi connectivity index (χ4v) is 2.28. The number of carbonyl (C=O) groups is 1. The highest BCUT2D eigenvalue weighted by atomic mass is 35.5. The van der Waals surface area contributed by atoms with Crippen molar-refractivity contribution in [2.45, 2.75) is 6.42 Å². The van der Waals surface area contributed by atoms with E-state index in [1.807, 2.05) is 12.1 Å². The molecule has 0 aromatic heterocycles. The van der Waals surface area contributed by atoms with Crippen LogP contribution in [-0.2, 0) is 0 Å². The number of halogens is 2. The van der Waals surface area contributed by atoms with Gasteiger partial charge in [0.05, 0.1) is 17.5 Å². The predicted molar refractivity (Wildman–Crippen MR) is 75.3 cm³/mol. The number of hydrogen-bond acceptors (Lipinski definition) is 2. The third-order valence-corrected chi connectivity index (χ3v) is 3.25. The average Bonchev–Trinajstić information content (AvgIpc) is 2.39. The fraction of sp³-hybridized carbons (Fsp3) is 0.0667. The van der Waals surface area contributed by atoms with E-state index in [2.05, 4.69) is 6.07 Å². The van der Waals surface area contributed by atoms with Crippen molar-refractivity contribution in [2.24, 2.45) is 0 Å². The summed E-state index contributed by atoms with van der Waals surface area (Å²) in [6.45, 7) is 0. The summed E-state index contributed by atoms with van der Waals surface area (Å²) >= 11 is 12.2. The SMILES string of the molecule is N#CCC(=O)c1c(-c2ccccc2Cl)[c]ccc1Cl. The molecule has 2 nitrogen and oxygen atoms in total. The maximum Gasteiger partial charge on any atom is 0.179 e. The van der Waals surface area contributed by atoms with Crippen molar-refractivity contribution >= 4 is 29.0 Å². The quantitative estimate of drug-likeness (QED) is 0.777. The van der Waals surface area contributed by atoms with Gasteiger partial charge < -0.3 is 0 Å². The Morgan fingerprint density at radius 2 is 1.95 bits per heavy atom. The van der Waals surface area contributed by atoms with E-state index in [1.54, 1.807) is 30.3 Å². The highest BCUT2D eigenvalue weighted by Crippen LogP contribution is 2.33. The van der Waals surface area contributed by atoms with Crippen LogP contribution in [0.3, 0.4) is 0 Å². The number of nitriles is 1. The van der Waals surface area contributed by atoms with Crippen molar-refractivity contribution in [3.63, 3.8) is 0 Å². The minimum atomic E-state index is -0.334. The van der Waals surface area contributed by atoms with Gasteiger partial charge in [0, 0.05) is 21.7 Å². The first kappa shape index (κ1) is 13.6. The fourth-order valence-electron chi connectivity index (χ4n) is 1.78. The Hall–Kier alpha value is -1.82. The van der Waals surface area contributed by atoms with E-state index in [-0.39, 0.29) is 12.2 Å². The molecule has 2 aromatic rings. The monoisotopic (exact) mass is 288 g/mol. The zero-order valence-corrected chi connectivity index (χ0v) is 11.3. The van der Waals surface area contributed by atoms with Gasteiger partial charge in [-0.1, -0.05) is 47.5 Å². The summed E-state index contributed by atoms with van der Waals surface area (Å²) in [6.07, 6.45) is -0.227. The molecule has 0 unspecified atom stereocenters. The molecule has 93 valence electrons. The van der Waals surface area contributed by atoms with Crippen LogP contribution in [-0.4, -0.2) is 5.78 Å². The number of Topliss-reactive ketones (excluding diaryl/α,β-unsaturated/α-hetero) is 1. The third-order valence-electron chi connectivity index (χ3n) is 2.61. The standard InChI is InChI=1S/C15H8Cl2NO/c16-12-6-2-1-4-10(12)11-5-3-7-13(17)15(11)14(19)8-9-18/h1-4,6-7H,8H2.